The van der Waals surface area contributed by atoms with E-state index >= 15 is 0 Å². The molecule has 0 aliphatic carbocycles. The van der Waals surface area contributed by atoms with E-state index < -0.39 is 0 Å². The fourth-order valence-corrected chi connectivity index (χ4v) is 3.27. The van der Waals surface area contributed by atoms with Gasteiger partial charge in [0.15, 0.2) is 11.8 Å². The van der Waals surface area contributed by atoms with Crippen molar-refractivity contribution in [3.8, 4) is 0 Å². The summed E-state index contributed by atoms with van der Waals surface area (Å²) in [6.07, 6.45) is 0.728. The van der Waals surface area contributed by atoms with Crippen molar-refractivity contribution in [1.29, 1.82) is 0 Å². The highest BCUT2D eigenvalue weighted by molar-refractivity contribution is 14.0. The highest BCUT2D eigenvalue weighted by Crippen LogP contribution is 2.25. The van der Waals surface area contributed by atoms with Gasteiger partial charge in [0.05, 0.1) is 13.2 Å². The lowest BCUT2D eigenvalue weighted by Gasteiger charge is -2.35. The molecule has 8 heteroatoms. The zero-order valence-electron chi connectivity index (χ0n) is 16.4. The molecule has 1 N–H and O–H groups in total. The normalized spacial score (nSPS) is 17.6. The molecule has 0 bridgehead atoms. The summed E-state index contributed by atoms with van der Waals surface area (Å²) in [5.74, 6) is 2.17. The van der Waals surface area contributed by atoms with E-state index in [1.54, 1.807) is 7.05 Å². The Bertz CT molecular complexity index is 777. The van der Waals surface area contributed by atoms with Gasteiger partial charge in [-0.15, -0.1) is 24.0 Å². The van der Waals surface area contributed by atoms with E-state index in [9.17, 15) is 0 Å². The van der Waals surface area contributed by atoms with Crippen molar-refractivity contribution in [1.82, 2.24) is 20.4 Å². The molecule has 3 rings (SSSR count). The number of guanidine groups is 1. The molecule has 2 heterocycles. The van der Waals surface area contributed by atoms with Crippen molar-refractivity contribution in [3.63, 3.8) is 0 Å². The number of halogens is 1. The Morgan fingerprint density at radius 2 is 2.15 bits per heavy atom. The van der Waals surface area contributed by atoms with Crippen LogP contribution in [0.4, 0.5) is 0 Å². The van der Waals surface area contributed by atoms with Crippen molar-refractivity contribution in [2.75, 3.05) is 33.3 Å². The second-order valence-electron chi connectivity index (χ2n) is 6.62. The summed E-state index contributed by atoms with van der Waals surface area (Å²) >= 11 is 0. The average Bonchev–Trinajstić information content (AvgIpc) is 3.04. The summed E-state index contributed by atoms with van der Waals surface area (Å²) in [4.78, 5) is 10.9. The van der Waals surface area contributed by atoms with Crippen LogP contribution in [-0.2, 0) is 11.2 Å². The standard InChI is InChI=1S/C19H27N5O2.HI/c1-13-5-6-16(14(2)11-13)17-12-24(9-10-25-17)19(20-4)21-8-7-18-22-15(3)23-26-18;/h5-6,11,17H,7-10,12H2,1-4H3,(H,20,21);1H. The molecule has 2 aromatic rings. The summed E-state index contributed by atoms with van der Waals surface area (Å²) in [5.41, 5.74) is 3.79. The zero-order chi connectivity index (χ0) is 18.5. The van der Waals surface area contributed by atoms with Crippen molar-refractivity contribution in [2.45, 2.75) is 33.3 Å². The molecule has 0 saturated carbocycles. The van der Waals surface area contributed by atoms with Crippen molar-refractivity contribution in [2.24, 2.45) is 4.99 Å². The number of aryl methyl sites for hydroxylation is 3. The van der Waals surface area contributed by atoms with Gasteiger partial charge in [-0.3, -0.25) is 4.99 Å². The highest BCUT2D eigenvalue weighted by Gasteiger charge is 2.25. The number of rotatable bonds is 4. The first-order chi connectivity index (χ1) is 12.6. The molecule has 1 fully saturated rings. The van der Waals surface area contributed by atoms with E-state index in [1.807, 2.05) is 6.92 Å². The summed E-state index contributed by atoms with van der Waals surface area (Å²) in [6, 6.07) is 6.52. The van der Waals surface area contributed by atoms with Crippen LogP contribution >= 0.6 is 24.0 Å². The van der Waals surface area contributed by atoms with Gasteiger partial charge in [0.25, 0.3) is 0 Å². The summed E-state index contributed by atoms with van der Waals surface area (Å²) in [6.45, 7) is 9.05. The van der Waals surface area contributed by atoms with Crippen LogP contribution in [0.15, 0.2) is 27.7 Å². The molecule has 1 aliphatic heterocycles. The van der Waals surface area contributed by atoms with Crippen LogP contribution in [0.25, 0.3) is 0 Å². The van der Waals surface area contributed by atoms with E-state index in [-0.39, 0.29) is 30.1 Å². The van der Waals surface area contributed by atoms with Gasteiger partial charge in [-0.25, -0.2) is 0 Å². The molecule has 1 atom stereocenters. The average molecular weight is 485 g/mol. The summed E-state index contributed by atoms with van der Waals surface area (Å²) in [5, 5.41) is 7.20. The molecule has 27 heavy (non-hydrogen) atoms. The van der Waals surface area contributed by atoms with Crippen molar-refractivity contribution < 1.29 is 9.26 Å². The van der Waals surface area contributed by atoms with Crippen LogP contribution in [0.3, 0.4) is 0 Å². The zero-order valence-corrected chi connectivity index (χ0v) is 18.7. The van der Waals surface area contributed by atoms with Crippen LogP contribution in [-0.4, -0.2) is 54.3 Å². The topological polar surface area (TPSA) is 75.8 Å². The number of benzene rings is 1. The number of hydrogen-bond acceptors (Lipinski definition) is 5. The van der Waals surface area contributed by atoms with Gasteiger partial charge >= 0.3 is 0 Å². The number of ether oxygens (including phenoxy) is 1. The van der Waals surface area contributed by atoms with Gasteiger partial charge in [-0.2, -0.15) is 4.98 Å². The predicted octanol–water partition coefficient (Wildman–Crippen LogP) is 2.80. The maximum atomic E-state index is 6.03. The van der Waals surface area contributed by atoms with Gasteiger partial charge in [-0.1, -0.05) is 28.9 Å². The SMILES string of the molecule is CN=C(NCCc1nc(C)no1)N1CCOC(c2ccc(C)cc2C)C1.I. The molecule has 1 aromatic carbocycles. The monoisotopic (exact) mass is 485 g/mol. The van der Waals surface area contributed by atoms with Crippen LogP contribution in [0.5, 0.6) is 0 Å². The van der Waals surface area contributed by atoms with Crippen LogP contribution in [0.1, 0.15) is 34.5 Å². The van der Waals surface area contributed by atoms with Gasteiger partial charge < -0.3 is 19.5 Å². The minimum Gasteiger partial charge on any atom is -0.370 e. The molecule has 1 aliphatic rings. The second kappa shape index (κ2) is 10.0. The van der Waals surface area contributed by atoms with E-state index in [0.717, 1.165) is 19.0 Å². The minimum absolute atomic E-state index is 0. The fourth-order valence-electron chi connectivity index (χ4n) is 3.27. The molecular formula is C19H28IN5O2. The Balaban J connectivity index is 0.00000261. The molecule has 1 unspecified atom stereocenters. The first-order valence-electron chi connectivity index (χ1n) is 9.00. The van der Waals surface area contributed by atoms with E-state index in [0.29, 0.717) is 31.3 Å². The van der Waals surface area contributed by atoms with E-state index in [4.69, 9.17) is 9.26 Å². The van der Waals surface area contributed by atoms with Gasteiger partial charge in [0.1, 0.15) is 6.10 Å². The molecular weight excluding hydrogens is 457 g/mol. The Labute approximate surface area is 177 Å². The van der Waals surface area contributed by atoms with E-state index in [2.05, 4.69) is 57.4 Å². The highest BCUT2D eigenvalue weighted by atomic mass is 127. The number of aliphatic imine (C=N–C) groups is 1. The van der Waals surface area contributed by atoms with Crippen LogP contribution < -0.4 is 5.32 Å². The Morgan fingerprint density at radius 1 is 1.33 bits per heavy atom. The number of morpholine rings is 1. The van der Waals surface area contributed by atoms with E-state index in [1.165, 1.54) is 16.7 Å². The number of hydrogen-bond donors (Lipinski definition) is 1. The van der Waals surface area contributed by atoms with Crippen LogP contribution in [0.2, 0.25) is 0 Å². The third-order valence-corrected chi connectivity index (χ3v) is 4.54. The summed E-state index contributed by atoms with van der Waals surface area (Å²) in [7, 11) is 1.81. The molecule has 1 aromatic heterocycles. The van der Waals surface area contributed by atoms with Crippen LogP contribution in [0, 0.1) is 20.8 Å². The maximum Gasteiger partial charge on any atom is 0.228 e. The lowest BCUT2D eigenvalue weighted by Crippen LogP contribution is -2.48. The molecule has 7 nitrogen and oxygen atoms in total. The molecule has 1 saturated heterocycles. The van der Waals surface area contributed by atoms with Gasteiger partial charge in [-0.05, 0) is 31.9 Å². The fraction of sp³-hybridized carbons (Fsp3) is 0.526. The Hall–Kier alpha value is -1.68. The number of nitrogens with one attached hydrogen (secondary N) is 1. The largest absolute Gasteiger partial charge is 0.370 e. The quantitative estimate of drug-likeness (QED) is 0.408. The lowest BCUT2D eigenvalue weighted by atomic mass is 10.00. The Morgan fingerprint density at radius 3 is 2.81 bits per heavy atom. The summed E-state index contributed by atoms with van der Waals surface area (Å²) < 4.78 is 11.2. The number of aromatic nitrogens is 2. The third kappa shape index (κ3) is 5.65. The molecule has 0 amide bonds. The second-order valence-corrected chi connectivity index (χ2v) is 6.62. The minimum atomic E-state index is 0. The first-order valence-corrected chi connectivity index (χ1v) is 9.00. The van der Waals surface area contributed by atoms with Gasteiger partial charge in [0, 0.05) is 26.6 Å². The number of nitrogens with zero attached hydrogens (tertiary/aromatic N) is 4. The van der Waals surface area contributed by atoms with Crippen molar-refractivity contribution >= 4 is 29.9 Å². The molecule has 0 radical (unpaired) electrons. The lowest BCUT2D eigenvalue weighted by molar-refractivity contribution is -0.00830. The Kier molecular flexibility index (Phi) is 8.03. The molecule has 148 valence electrons. The third-order valence-electron chi connectivity index (χ3n) is 4.54. The van der Waals surface area contributed by atoms with Gasteiger partial charge in [0.2, 0.25) is 5.89 Å². The van der Waals surface area contributed by atoms with Crippen molar-refractivity contribution in [3.05, 3.63) is 46.6 Å². The predicted molar refractivity (Wildman–Crippen MR) is 116 cm³/mol. The first kappa shape index (κ1) is 21.6. The smallest absolute Gasteiger partial charge is 0.228 e. The molecule has 0 spiro atoms. The maximum absolute atomic E-state index is 6.03.